The number of imidazole rings is 1. The van der Waals surface area contributed by atoms with Crippen LogP contribution in [0.1, 0.15) is 63.5 Å². The maximum absolute atomic E-state index is 15.6. The predicted molar refractivity (Wildman–Crippen MR) is 149 cm³/mol. The summed E-state index contributed by atoms with van der Waals surface area (Å²) in [6.07, 6.45) is 2.70. The maximum atomic E-state index is 15.6. The number of nitrogens with two attached hydrogens (primary N) is 1. The van der Waals surface area contributed by atoms with Crippen molar-refractivity contribution in [2.24, 2.45) is 5.73 Å². The first-order valence-electron chi connectivity index (χ1n) is 13.1. The molecule has 0 saturated heterocycles. The highest BCUT2D eigenvalue weighted by molar-refractivity contribution is 5.97. The van der Waals surface area contributed by atoms with Gasteiger partial charge in [0.2, 0.25) is 5.91 Å². The van der Waals surface area contributed by atoms with Gasteiger partial charge in [-0.05, 0) is 61.0 Å². The van der Waals surface area contributed by atoms with Gasteiger partial charge in [0, 0.05) is 42.4 Å². The summed E-state index contributed by atoms with van der Waals surface area (Å²) in [5, 5.41) is 3.31. The minimum atomic E-state index is -0.550. The lowest BCUT2D eigenvalue weighted by Gasteiger charge is -2.20. The molecule has 0 aliphatic carbocycles. The van der Waals surface area contributed by atoms with Crippen LogP contribution in [0.25, 0.3) is 16.8 Å². The molecule has 0 bridgehead atoms. The summed E-state index contributed by atoms with van der Waals surface area (Å²) < 4.78 is 17.3. The third-order valence-electron chi connectivity index (χ3n) is 7.17. The first-order valence-corrected chi connectivity index (χ1v) is 13.1. The van der Waals surface area contributed by atoms with Crippen LogP contribution in [-0.2, 0) is 13.1 Å². The number of aromatic nitrogens is 2. The summed E-state index contributed by atoms with van der Waals surface area (Å²) in [5.74, 6) is -1.06. The van der Waals surface area contributed by atoms with Gasteiger partial charge in [0.25, 0.3) is 0 Å². The highest BCUT2D eigenvalue weighted by Crippen LogP contribution is 2.32. The molecule has 0 radical (unpaired) electrons. The van der Waals surface area contributed by atoms with Crippen LogP contribution in [0.5, 0.6) is 0 Å². The second-order valence-electron chi connectivity index (χ2n) is 10.0. The summed E-state index contributed by atoms with van der Waals surface area (Å²) in [6, 6.07) is 19.6. The Balaban J connectivity index is 1.40. The topological polar surface area (TPSA) is 93.2 Å². The Morgan fingerprint density at radius 1 is 1.15 bits per heavy atom. The molecule has 8 heteroatoms. The van der Waals surface area contributed by atoms with E-state index < -0.39 is 11.9 Å². The number of carbonyl (C=O) groups excluding carboxylic acids is 2. The lowest BCUT2D eigenvalue weighted by atomic mass is 9.95. The number of rotatable bonds is 8. The zero-order chi connectivity index (χ0) is 27.5. The van der Waals surface area contributed by atoms with E-state index in [4.69, 9.17) is 5.73 Å². The molecule has 1 atom stereocenters. The summed E-state index contributed by atoms with van der Waals surface area (Å²) in [7, 11) is 2.09. The molecule has 0 spiro atoms. The highest BCUT2D eigenvalue weighted by Gasteiger charge is 2.29. The number of nitrogens with one attached hydrogen (secondary N) is 1. The van der Waals surface area contributed by atoms with Gasteiger partial charge in [0.1, 0.15) is 17.8 Å². The summed E-state index contributed by atoms with van der Waals surface area (Å²) in [6.45, 7) is 4.22. The third kappa shape index (κ3) is 5.53. The molecule has 39 heavy (non-hydrogen) atoms. The summed E-state index contributed by atoms with van der Waals surface area (Å²) in [4.78, 5) is 31.8. The summed E-state index contributed by atoms with van der Waals surface area (Å²) in [5.41, 5.74) is 10.8. The second kappa shape index (κ2) is 11.3. The summed E-state index contributed by atoms with van der Waals surface area (Å²) >= 11 is 0. The van der Waals surface area contributed by atoms with Crippen molar-refractivity contribution < 1.29 is 14.0 Å². The number of hydrogen-bond donors (Lipinski definition) is 2. The van der Waals surface area contributed by atoms with E-state index in [9.17, 15) is 9.59 Å². The fourth-order valence-corrected chi connectivity index (χ4v) is 5.28. The van der Waals surface area contributed by atoms with Gasteiger partial charge in [0.05, 0.1) is 5.69 Å². The fourth-order valence-electron chi connectivity index (χ4n) is 5.28. The Labute approximate surface area is 227 Å². The third-order valence-corrected chi connectivity index (χ3v) is 7.17. The van der Waals surface area contributed by atoms with Gasteiger partial charge in [-0.3, -0.25) is 14.2 Å². The van der Waals surface area contributed by atoms with Crippen LogP contribution in [0.4, 0.5) is 4.39 Å². The molecule has 1 aliphatic heterocycles. The van der Waals surface area contributed by atoms with Crippen LogP contribution in [0.2, 0.25) is 0 Å². The van der Waals surface area contributed by atoms with E-state index >= 15 is 4.39 Å². The lowest BCUT2D eigenvalue weighted by molar-refractivity contribution is 0.0964. The van der Waals surface area contributed by atoms with Crippen LogP contribution >= 0.6 is 0 Å². The van der Waals surface area contributed by atoms with Crippen molar-refractivity contribution in [1.82, 2.24) is 19.8 Å². The molecule has 1 unspecified atom stereocenters. The van der Waals surface area contributed by atoms with E-state index in [1.807, 2.05) is 24.3 Å². The molecule has 7 nitrogen and oxygen atoms in total. The molecule has 3 N–H and O–H groups in total. The van der Waals surface area contributed by atoms with Crippen molar-refractivity contribution in [3.8, 4) is 16.8 Å². The van der Waals surface area contributed by atoms with Crippen molar-refractivity contribution >= 4 is 11.7 Å². The van der Waals surface area contributed by atoms with Gasteiger partial charge < -0.3 is 16.0 Å². The van der Waals surface area contributed by atoms with Crippen LogP contribution in [0.15, 0.2) is 73.1 Å². The predicted octanol–water partition coefficient (Wildman–Crippen LogP) is 5.04. The molecule has 5 rings (SSSR count). The molecule has 1 aromatic heterocycles. The molecule has 1 aliphatic rings. The monoisotopic (exact) mass is 525 g/mol. The highest BCUT2D eigenvalue weighted by atomic mass is 19.1. The van der Waals surface area contributed by atoms with Gasteiger partial charge >= 0.3 is 0 Å². The van der Waals surface area contributed by atoms with E-state index in [2.05, 4.69) is 35.2 Å². The number of benzene rings is 3. The van der Waals surface area contributed by atoms with Gasteiger partial charge in [0.15, 0.2) is 5.78 Å². The Morgan fingerprint density at radius 2 is 1.97 bits per heavy atom. The fraction of sp³-hybridized carbons (Fsp3) is 0.258. The number of halogens is 1. The SMILES string of the molecule is CCCN(C)Cc1ccccc1-c1ccc(C2CC(=O)c3c(ncn3-c3cccc(C(N)=O)c3)CN2)c(F)c1. The Kier molecular flexibility index (Phi) is 7.67. The molecular formula is C31H32FN5O2. The number of carbonyl (C=O) groups is 2. The minimum Gasteiger partial charge on any atom is -0.366 e. The van der Waals surface area contributed by atoms with Crippen molar-refractivity contribution in [1.29, 1.82) is 0 Å². The molecule has 4 aromatic rings. The Morgan fingerprint density at radius 3 is 2.74 bits per heavy atom. The molecular weight excluding hydrogens is 493 g/mol. The van der Waals surface area contributed by atoms with Crippen molar-refractivity contribution in [3.05, 3.63) is 107 Å². The zero-order valence-corrected chi connectivity index (χ0v) is 22.2. The van der Waals surface area contributed by atoms with Gasteiger partial charge in [-0.2, -0.15) is 0 Å². The normalized spacial score (nSPS) is 15.3. The maximum Gasteiger partial charge on any atom is 0.248 e. The molecule has 1 amide bonds. The lowest BCUT2D eigenvalue weighted by Crippen LogP contribution is -2.22. The van der Waals surface area contributed by atoms with Crippen molar-refractivity contribution in [2.45, 2.75) is 38.9 Å². The van der Waals surface area contributed by atoms with Crippen LogP contribution in [0, 0.1) is 5.82 Å². The Bertz CT molecular complexity index is 1530. The van der Waals surface area contributed by atoms with Crippen LogP contribution < -0.4 is 11.1 Å². The number of amides is 1. The number of ketones is 1. The first-order chi connectivity index (χ1) is 18.9. The number of hydrogen-bond acceptors (Lipinski definition) is 5. The molecule has 200 valence electrons. The second-order valence-corrected chi connectivity index (χ2v) is 10.0. The molecule has 0 saturated carbocycles. The van der Waals surface area contributed by atoms with E-state index in [-0.39, 0.29) is 18.0 Å². The average Bonchev–Trinajstić information content (AvgIpc) is 3.28. The molecule has 2 heterocycles. The minimum absolute atomic E-state index is 0.0723. The Hall–Kier alpha value is -4.14. The zero-order valence-electron chi connectivity index (χ0n) is 22.2. The largest absolute Gasteiger partial charge is 0.366 e. The number of nitrogens with zero attached hydrogens (tertiary/aromatic N) is 3. The van der Waals surface area contributed by atoms with E-state index in [0.29, 0.717) is 34.7 Å². The number of primary amides is 1. The van der Waals surface area contributed by atoms with Gasteiger partial charge in [-0.1, -0.05) is 49.4 Å². The van der Waals surface area contributed by atoms with Crippen molar-refractivity contribution in [3.63, 3.8) is 0 Å². The molecule has 0 fully saturated rings. The van der Waals surface area contributed by atoms with Crippen LogP contribution in [0.3, 0.4) is 0 Å². The van der Waals surface area contributed by atoms with Crippen molar-refractivity contribution in [2.75, 3.05) is 13.6 Å². The number of fused-ring (bicyclic) bond motifs is 1. The number of Topliss-reactive ketones (excluding diaryl/α,β-unsaturated/α-hetero) is 1. The standard InChI is InChI=1S/C31H32FN5O2/c1-3-13-36(2)18-22-7-4-5-10-24(22)20-11-12-25(26(32)15-20)27-16-29(38)30-28(17-34-27)35-19-37(30)23-9-6-8-21(14-23)31(33)39/h4-12,14-15,19,27,34H,3,13,16-18H2,1-2H3,(H2,33,39). The van der Waals surface area contributed by atoms with Gasteiger partial charge in [-0.15, -0.1) is 0 Å². The average molecular weight is 526 g/mol. The quantitative estimate of drug-likeness (QED) is 0.336. The van der Waals surface area contributed by atoms with E-state index in [0.717, 1.165) is 36.2 Å². The van der Waals surface area contributed by atoms with Crippen LogP contribution in [-0.4, -0.2) is 39.7 Å². The van der Waals surface area contributed by atoms with E-state index in [1.165, 1.54) is 0 Å². The molecule has 3 aromatic carbocycles. The smallest absolute Gasteiger partial charge is 0.248 e. The van der Waals surface area contributed by atoms with Gasteiger partial charge in [-0.25, -0.2) is 9.37 Å². The van der Waals surface area contributed by atoms with E-state index in [1.54, 1.807) is 47.3 Å². The first kappa shape index (κ1) is 26.5.